The molecule has 0 saturated heterocycles. The zero-order valence-electron chi connectivity index (χ0n) is 8.98. The van der Waals surface area contributed by atoms with Gasteiger partial charge in [0.05, 0.1) is 12.2 Å². The van der Waals surface area contributed by atoms with E-state index in [2.05, 4.69) is 10.3 Å². The Kier molecular flexibility index (Phi) is 3.50. The predicted octanol–water partition coefficient (Wildman–Crippen LogP) is 0.342. The number of rotatable bonds is 5. The second-order valence-corrected chi connectivity index (χ2v) is 4.47. The Labute approximate surface area is 102 Å². The van der Waals surface area contributed by atoms with Gasteiger partial charge < -0.3 is 10.8 Å². The van der Waals surface area contributed by atoms with Crippen molar-refractivity contribution in [1.29, 1.82) is 0 Å². The summed E-state index contributed by atoms with van der Waals surface area (Å²) in [5.74, 6) is -1.03. The molecule has 1 unspecified atom stereocenters. The lowest BCUT2D eigenvalue weighted by atomic mass is 10.2. The highest BCUT2D eigenvalue weighted by Gasteiger charge is 2.14. The molecule has 1 atom stereocenters. The Balaban J connectivity index is 1.98. The number of carboxylic acid groups (broad SMARTS) is 1. The second kappa shape index (κ2) is 5.07. The van der Waals surface area contributed by atoms with E-state index in [1.54, 1.807) is 22.2 Å². The van der Waals surface area contributed by atoms with Gasteiger partial charge in [-0.3, -0.25) is 4.79 Å². The first kappa shape index (κ1) is 11.7. The molecule has 2 aromatic heterocycles. The topological polar surface area (TPSA) is 94.0 Å². The minimum Gasteiger partial charge on any atom is -0.480 e. The number of thiophene rings is 1. The third-order valence-corrected chi connectivity index (χ3v) is 2.99. The fourth-order valence-electron chi connectivity index (χ4n) is 1.39. The van der Waals surface area contributed by atoms with Gasteiger partial charge in [0.25, 0.3) is 0 Å². The molecule has 3 N–H and O–H groups in total. The molecule has 0 aliphatic heterocycles. The van der Waals surface area contributed by atoms with Crippen molar-refractivity contribution in [1.82, 2.24) is 15.0 Å². The summed E-state index contributed by atoms with van der Waals surface area (Å²) in [4.78, 5) is 10.6. The Morgan fingerprint density at radius 1 is 1.65 bits per heavy atom. The Hall–Kier alpha value is -1.73. The van der Waals surface area contributed by atoms with E-state index in [0.29, 0.717) is 12.2 Å². The largest absolute Gasteiger partial charge is 0.480 e. The Morgan fingerprint density at radius 2 is 2.47 bits per heavy atom. The van der Waals surface area contributed by atoms with Crippen molar-refractivity contribution in [3.63, 3.8) is 0 Å². The van der Waals surface area contributed by atoms with Crippen LogP contribution in [0.5, 0.6) is 0 Å². The molecule has 0 bridgehead atoms. The van der Waals surface area contributed by atoms with Gasteiger partial charge in [0.15, 0.2) is 0 Å². The number of aromatic nitrogens is 3. The lowest BCUT2D eigenvalue weighted by molar-refractivity contribution is -0.138. The zero-order valence-corrected chi connectivity index (χ0v) is 9.80. The molecule has 17 heavy (non-hydrogen) atoms. The molecule has 90 valence electrons. The van der Waals surface area contributed by atoms with Crippen molar-refractivity contribution in [2.45, 2.75) is 19.0 Å². The maximum absolute atomic E-state index is 10.6. The molecular formula is C10H12N4O2S. The summed E-state index contributed by atoms with van der Waals surface area (Å²) in [6, 6.07) is 1.08. The minimum absolute atomic E-state index is 0.193. The van der Waals surface area contributed by atoms with Crippen LogP contribution in [0.25, 0.3) is 0 Å². The zero-order chi connectivity index (χ0) is 12.3. The van der Waals surface area contributed by atoms with Gasteiger partial charge in [-0.1, -0.05) is 5.21 Å². The molecule has 2 aromatic rings. The molecule has 0 aromatic carbocycles. The van der Waals surface area contributed by atoms with Gasteiger partial charge in [-0.05, 0) is 22.4 Å². The van der Waals surface area contributed by atoms with Crippen LogP contribution < -0.4 is 5.73 Å². The highest BCUT2D eigenvalue weighted by molar-refractivity contribution is 7.07. The summed E-state index contributed by atoms with van der Waals surface area (Å²) in [5, 5.41) is 20.5. The monoisotopic (exact) mass is 252 g/mol. The van der Waals surface area contributed by atoms with Crippen molar-refractivity contribution in [2.24, 2.45) is 5.73 Å². The first-order valence-electron chi connectivity index (χ1n) is 5.03. The van der Waals surface area contributed by atoms with Crippen molar-refractivity contribution >= 4 is 17.3 Å². The van der Waals surface area contributed by atoms with E-state index >= 15 is 0 Å². The predicted molar refractivity (Wildman–Crippen MR) is 62.8 cm³/mol. The van der Waals surface area contributed by atoms with Crippen LogP contribution in [-0.4, -0.2) is 32.1 Å². The summed E-state index contributed by atoms with van der Waals surface area (Å²) in [5.41, 5.74) is 7.16. The third-order valence-electron chi connectivity index (χ3n) is 2.26. The van der Waals surface area contributed by atoms with Crippen LogP contribution in [0.15, 0.2) is 23.0 Å². The van der Waals surface area contributed by atoms with Gasteiger partial charge in [-0.2, -0.15) is 11.3 Å². The molecule has 0 aliphatic rings. The van der Waals surface area contributed by atoms with Crippen LogP contribution in [0, 0.1) is 0 Å². The molecule has 2 heterocycles. The first-order valence-corrected chi connectivity index (χ1v) is 5.98. The van der Waals surface area contributed by atoms with Crippen LogP contribution in [0.3, 0.4) is 0 Å². The van der Waals surface area contributed by atoms with Gasteiger partial charge >= 0.3 is 5.97 Å². The highest BCUT2D eigenvalue weighted by Crippen LogP contribution is 2.08. The summed E-state index contributed by atoms with van der Waals surface area (Å²) in [6.07, 6.45) is 1.92. The quantitative estimate of drug-likeness (QED) is 0.800. The average Bonchev–Trinajstić information content (AvgIpc) is 2.91. The van der Waals surface area contributed by atoms with Gasteiger partial charge in [-0.25, -0.2) is 4.68 Å². The van der Waals surface area contributed by atoms with E-state index in [9.17, 15) is 4.79 Å². The summed E-state index contributed by atoms with van der Waals surface area (Å²) in [6.45, 7) is 0.638. The number of aliphatic carboxylic acids is 1. The smallest absolute Gasteiger partial charge is 0.320 e. The van der Waals surface area contributed by atoms with Crippen molar-refractivity contribution in [2.75, 3.05) is 0 Å². The van der Waals surface area contributed by atoms with Crippen molar-refractivity contribution < 1.29 is 9.90 Å². The summed E-state index contributed by atoms with van der Waals surface area (Å²) >= 11 is 1.62. The molecule has 0 amide bonds. The van der Waals surface area contributed by atoms with E-state index in [1.807, 2.05) is 16.8 Å². The number of nitrogens with two attached hydrogens (primary N) is 1. The van der Waals surface area contributed by atoms with Gasteiger partial charge in [0.2, 0.25) is 0 Å². The van der Waals surface area contributed by atoms with Gasteiger partial charge in [0, 0.05) is 12.6 Å². The van der Waals surface area contributed by atoms with Crippen LogP contribution in [0.4, 0.5) is 0 Å². The maximum atomic E-state index is 10.6. The van der Waals surface area contributed by atoms with Gasteiger partial charge in [-0.15, -0.1) is 5.10 Å². The van der Waals surface area contributed by atoms with Crippen molar-refractivity contribution in [3.8, 4) is 0 Å². The third kappa shape index (κ3) is 3.11. The fourth-order valence-corrected chi connectivity index (χ4v) is 2.05. The lowest BCUT2D eigenvalue weighted by Gasteiger charge is -2.01. The van der Waals surface area contributed by atoms with Crippen molar-refractivity contribution in [3.05, 3.63) is 34.3 Å². The van der Waals surface area contributed by atoms with E-state index in [0.717, 1.165) is 5.56 Å². The summed E-state index contributed by atoms with van der Waals surface area (Å²) < 4.78 is 1.67. The molecule has 2 rings (SSSR count). The van der Waals surface area contributed by atoms with Crippen LogP contribution in [0.2, 0.25) is 0 Å². The lowest BCUT2D eigenvalue weighted by Crippen LogP contribution is -2.32. The SMILES string of the molecule is NC(Cc1cn(Cc2ccsc2)nn1)C(=O)O. The molecule has 0 radical (unpaired) electrons. The first-order chi connectivity index (χ1) is 8.15. The molecule has 0 spiro atoms. The Morgan fingerprint density at radius 3 is 3.12 bits per heavy atom. The highest BCUT2D eigenvalue weighted by atomic mass is 32.1. The van der Waals surface area contributed by atoms with E-state index in [-0.39, 0.29) is 6.42 Å². The second-order valence-electron chi connectivity index (χ2n) is 3.69. The summed E-state index contributed by atoms with van der Waals surface area (Å²) in [7, 11) is 0. The van der Waals surface area contributed by atoms with Crippen LogP contribution >= 0.6 is 11.3 Å². The van der Waals surface area contributed by atoms with E-state index in [4.69, 9.17) is 10.8 Å². The van der Waals surface area contributed by atoms with E-state index in [1.165, 1.54) is 0 Å². The Bertz CT molecular complexity index is 494. The maximum Gasteiger partial charge on any atom is 0.320 e. The molecule has 0 aliphatic carbocycles. The fraction of sp³-hybridized carbons (Fsp3) is 0.300. The molecule has 7 heteroatoms. The molecule has 0 fully saturated rings. The standard InChI is InChI=1S/C10H12N4O2S/c11-9(10(15)16)3-8-5-14(13-12-8)4-7-1-2-17-6-7/h1-2,5-6,9H,3-4,11H2,(H,15,16). The average molecular weight is 252 g/mol. The number of nitrogens with zero attached hydrogens (tertiary/aromatic N) is 3. The number of carbonyl (C=O) groups is 1. The number of hydrogen-bond donors (Lipinski definition) is 2. The van der Waals surface area contributed by atoms with Gasteiger partial charge in [0.1, 0.15) is 6.04 Å². The normalized spacial score (nSPS) is 12.5. The molecule has 6 nitrogen and oxygen atoms in total. The van der Waals surface area contributed by atoms with E-state index < -0.39 is 12.0 Å². The minimum atomic E-state index is -1.03. The van der Waals surface area contributed by atoms with Crippen LogP contribution in [-0.2, 0) is 17.8 Å². The number of hydrogen-bond acceptors (Lipinski definition) is 5. The molecule has 0 saturated carbocycles. The van der Waals surface area contributed by atoms with Crippen LogP contribution in [0.1, 0.15) is 11.3 Å². The molecular weight excluding hydrogens is 240 g/mol. The number of carboxylic acids is 1.